The van der Waals surface area contributed by atoms with E-state index in [1.54, 1.807) is 0 Å². The molecule has 0 aliphatic carbocycles. The second-order valence-corrected chi connectivity index (χ2v) is 7.24. The number of aromatic nitrogens is 1. The zero-order valence-corrected chi connectivity index (χ0v) is 16.4. The average Bonchev–Trinajstić information content (AvgIpc) is 3.02. The molecule has 1 amide bonds. The highest BCUT2D eigenvalue weighted by Gasteiger charge is 2.21. The Bertz CT molecular complexity index is 975. The lowest BCUT2D eigenvalue weighted by atomic mass is 10.0. The Balaban J connectivity index is 1.79. The predicted octanol–water partition coefficient (Wildman–Crippen LogP) is 5.32. The summed E-state index contributed by atoms with van der Waals surface area (Å²) >= 11 is 0. The van der Waals surface area contributed by atoms with Crippen molar-refractivity contribution >= 4 is 16.8 Å². The lowest BCUT2D eigenvalue weighted by molar-refractivity contribution is 0.0763. The number of pyridine rings is 1. The maximum atomic E-state index is 13.4. The van der Waals surface area contributed by atoms with E-state index in [-0.39, 0.29) is 5.91 Å². The van der Waals surface area contributed by atoms with Crippen LogP contribution in [0.15, 0.2) is 54.6 Å². The fourth-order valence-corrected chi connectivity index (χ4v) is 3.86. The molecule has 3 aromatic rings. The second kappa shape index (κ2) is 8.42. The van der Waals surface area contributed by atoms with Gasteiger partial charge in [0.25, 0.3) is 5.91 Å². The zero-order chi connectivity index (χ0) is 19.3. The molecule has 1 aromatic heterocycles. The minimum absolute atomic E-state index is 0.114. The SMILES string of the molecule is CCOc1cccc(-c2cc(C(=O)N3CCCCCC3)c3ccccc3n2)c1. The number of amides is 1. The summed E-state index contributed by atoms with van der Waals surface area (Å²) in [6, 6.07) is 17.8. The number of hydrogen-bond acceptors (Lipinski definition) is 3. The third-order valence-electron chi connectivity index (χ3n) is 5.28. The van der Waals surface area contributed by atoms with Crippen LogP contribution in [0, 0.1) is 0 Å². The Labute approximate surface area is 166 Å². The van der Waals surface area contributed by atoms with Crippen LogP contribution in [-0.2, 0) is 0 Å². The standard InChI is InChI=1S/C24H26N2O2/c1-2-28-19-11-9-10-18(16-19)23-17-21(20-12-5-6-13-22(20)25-23)24(27)26-14-7-3-4-8-15-26/h5-6,9-13,16-17H,2-4,7-8,14-15H2,1H3. The molecule has 0 N–H and O–H groups in total. The monoisotopic (exact) mass is 374 g/mol. The molecular weight excluding hydrogens is 348 g/mol. The van der Waals surface area contributed by atoms with E-state index in [2.05, 4.69) is 0 Å². The van der Waals surface area contributed by atoms with Crippen LogP contribution in [-0.4, -0.2) is 35.5 Å². The van der Waals surface area contributed by atoms with Gasteiger partial charge in [-0.2, -0.15) is 0 Å². The van der Waals surface area contributed by atoms with Crippen LogP contribution < -0.4 is 4.74 Å². The lowest BCUT2D eigenvalue weighted by Gasteiger charge is -2.21. The highest BCUT2D eigenvalue weighted by atomic mass is 16.5. The van der Waals surface area contributed by atoms with E-state index >= 15 is 0 Å². The summed E-state index contributed by atoms with van der Waals surface area (Å²) in [6.45, 7) is 4.27. The Hall–Kier alpha value is -2.88. The normalized spacial score (nSPS) is 14.7. The molecule has 4 rings (SSSR count). The first-order valence-electron chi connectivity index (χ1n) is 10.2. The van der Waals surface area contributed by atoms with E-state index in [9.17, 15) is 4.79 Å². The third kappa shape index (κ3) is 3.86. The molecule has 1 fully saturated rings. The molecule has 2 heterocycles. The van der Waals surface area contributed by atoms with Crippen LogP contribution in [0.25, 0.3) is 22.2 Å². The van der Waals surface area contributed by atoms with Gasteiger partial charge in [-0.15, -0.1) is 0 Å². The molecule has 0 radical (unpaired) electrons. The summed E-state index contributed by atoms with van der Waals surface area (Å²) in [7, 11) is 0. The molecular formula is C24H26N2O2. The van der Waals surface area contributed by atoms with Crippen molar-refractivity contribution in [1.29, 1.82) is 0 Å². The number of likely N-dealkylation sites (tertiary alicyclic amines) is 1. The molecule has 0 unspecified atom stereocenters. The van der Waals surface area contributed by atoms with E-state index in [1.165, 1.54) is 12.8 Å². The quantitative estimate of drug-likeness (QED) is 0.621. The number of rotatable bonds is 4. The number of carbonyl (C=O) groups is 1. The molecule has 28 heavy (non-hydrogen) atoms. The van der Waals surface area contributed by atoms with Crippen molar-refractivity contribution in [2.45, 2.75) is 32.6 Å². The van der Waals surface area contributed by atoms with Crippen LogP contribution in [0.2, 0.25) is 0 Å². The van der Waals surface area contributed by atoms with Crippen molar-refractivity contribution in [3.8, 4) is 17.0 Å². The number of hydrogen-bond donors (Lipinski definition) is 0. The summed E-state index contributed by atoms with van der Waals surface area (Å²) in [5.74, 6) is 0.929. The van der Waals surface area contributed by atoms with E-state index in [4.69, 9.17) is 9.72 Å². The summed E-state index contributed by atoms with van der Waals surface area (Å²) in [5.41, 5.74) is 3.35. The number of ether oxygens (including phenoxy) is 1. The van der Waals surface area contributed by atoms with Gasteiger partial charge in [0.1, 0.15) is 5.75 Å². The molecule has 0 bridgehead atoms. The molecule has 0 spiro atoms. The van der Waals surface area contributed by atoms with Gasteiger partial charge in [-0.1, -0.05) is 43.2 Å². The number of fused-ring (bicyclic) bond motifs is 1. The maximum Gasteiger partial charge on any atom is 0.254 e. The predicted molar refractivity (Wildman–Crippen MR) is 113 cm³/mol. The molecule has 0 saturated carbocycles. The van der Waals surface area contributed by atoms with E-state index in [0.717, 1.165) is 59.4 Å². The van der Waals surface area contributed by atoms with E-state index in [1.807, 2.05) is 66.4 Å². The lowest BCUT2D eigenvalue weighted by Crippen LogP contribution is -2.32. The molecule has 1 aliphatic rings. The Morgan fingerprint density at radius 2 is 1.79 bits per heavy atom. The zero-order valence-electron chi connectivity index (χ0n) is 16.4. The van der Waals surface area contributed by atoms with Crippen molar-refractivity contribution in [3.05, 3.63) is 60.2 Å². The van der Waals surface area contributed by atoms with Crippen LogP contribution in [0.3, 0.4) is 0 Å². The molecule has 1 saturated heterocycles. The first kappa shape index (κ1) is 18.5. The van der Waals surface area contributed by atoms with Gasteiger partial charge in [0, 0.05) is 24.0 Å². The van der Waals surface area contributed by atoms with Crippen molar-refractivity contribution in [3.63, 3.8) is 0 Å². The maximum absolute atomic E-state index is 13.4. The highest BCUT2D eigenvalue weighted by Crippen LogP contribution is 2.28. The fourth-order valence-electron chi connectivity index (χ4n) is 3.86. The van der Waals surface area contributed by atoms with Gasteiger partial charge in [0.2, 0.25) is 0 Å². The van der Waals surface area contributed by atoms with Crippen LogP contribution in [0.4, 0.5) is 0 Å². The van der Waals surface area contributed by atoms with Gasteiger partial charge in [0.15, 0.2) is 0 Å². The third-order valence-corrected chi connectivity index (χ3v) is 5.28. The Morgan fingerprint density at radius 1 is 1.00 bits per heavy atom. The second-order valence-electron chi connectivity index (χ2n) is 7.24. The highest BCUT2D eigenvalue weighted by molar-refractivity contribution is 6.07. The van der Waals surface area contributed by atoms with Gasteiger partial charge >= 0.3 is 0 Å². The fraction of sp³-hybridized carbons (Fsp3) is 0.333. The van der Waals surface area contributed by atoms with Crippen molar-refractivity contribution in [2.24, 2.45) is 0 Å². The topological polar surface area (TPSA) is 42.4 Å². The molecule has 4 nitrogen and oxygen atoms in total. The minimum Gasteiger partial charge on any atom is -0.494 e. The van der Waals surface area contributed by atoms with Gasteiger partial charge in [-0.25, -0.2) is 4.98 Å². The summed E-state index contributed by atoms with van der Waals surface area (Å²) in [6.07, 6.45) is 4.57. The number of carbonyl (C=O) groups excluding carboxylic acids is 1. The van der Waals surface area contributed by atoms with E-state index in [0.29, 0.717) is 6.61 Å². The molecule has 144 valence electrons. The van der Waals surface area contributed by atoms with Gasteiger partial charge in [-0.05, 0) is 44.0 Å². The van der Waals surface area contributed by atoms with E-state index < -0.39 is 0 Å². The van der Waals surface area contributed by atoms with Crippen LogP contribution >= 0.6 is 0 Å². The summed E-state index contributed by atoms with van der Waals surface area (Å²) in [4.78, 5) is 20.2. The van der Waals surface area contributed by atoms with Gasteiger partial charge in [-0.3, -0.25) is 4.79 Å². The summed E-state index contributed by atoms with van der Waals surface area (Å²) in [5, 5.41) is 0.918. The first-order chi connectivity index (χ1) is 13.8. The Kier molecular flexibility index (Phi) is 5.56. The average molecular weight is 374 g/mol. The van der Waals surface area contributed by atoms with Crippen LogP contribution in [0.5, 0.6) is 5.75 Å². The largest absolute Gasteiger partial charge is 0.494 e. The van der Waals surface area contributed by atoms with Crippen LogP contribution in [0.1, 0.15) is 43.0 Å². The van der Waals surface area contributed by atoms with Gasteiger partial charge < -0.3 is 9.64 Å². The van der Waals surface area contributed by atoms with Crippen molar-refractivity contribution in [1.82, 2.24) is 9.88 Å². The number of nitrogens with zero attached hydrogens (tertiary/aromatic N) is 2. The van der Waals surface area contributed by atoms with Crippen molar-refractivity contribution < 1.29 is 9.53 Å². The van der Waals surface area contributed by atoms with Gasteiger partial charge in [0.05, 0.1) is 23.4 Å². The number of benzene rings is 2. The summed E-state index contributed by atoms with van der Waals surface area (Å²) < 4.78 is 5.64. The number of para-hydroxylation sites is 1. The van der Waals surface area contributed by atoms with Crippen molar-refractivity contribution in [2.75, 3.05) is 19.7 Å². The smallest absolute Gasteiger partial charge is 0.254 e. The minimum atomic E-state index is 0.114. The first-order valence-corrected chi connectivity index (χ1v) is 10.2. The Morgan fingerprint density at radius 3 is 2.57 bits per heavy atom. The molecule has 0 atom stereocenters. The molecule has 1 aliphatic heterocycles. The molecule has 4 heteroatoms. The molecule has 2 aromatic carbocycles.